The van der Waals surface area contributed by atoms with Gasteiger partial charge >= 0.3 is 0 Å². The standard InChI is InChI=1S/C14H21NO/c1-3-15-10(2)14(16)13-7-5-4-6-12(13)11-8-9-11/h4-7,10-11,14-16H,3,8-9H2,1-2H3. The molecule has 0 bridgehead atoms. The van der Waals surface area contributed by atoms with Crippen LogP contribution in [-0.4, -0.2) is 17.7 Å². The van der Waals surface area contributed by atoms with Gasteiger partial charge in [0.1, 0.15) is 0 Å². The van der Waals surface area contributed by atoms with Crippen molar-refractivity contribution in [3.63, 3.8) is 0 Å². The van der Waals surface area contributed by atoms with Gasteiger partial charge in [-0.3, -0.25) is 0 Å². The molecule has 1 fully saturated rings. The van der Waals surface area contributed by atoms with Gasteiger partial charge in [-0.15, -0.1) is 0 Å². The van der Waals surface area contributed by atoms with Crippen molar-refractivity contribution in [1.29, 1.82) is 0 Å². The molecule has 1 aromatic carbocycles. The normalized spacial score (nSPS) is 19.4. The van der Waals surface area contributed by atoms with E-state index in [-0.39, 0.29) is 6.04 Å². The summed E-state index contributed by atoms with van der Waals surface area (Å²) in [6.45, 7) is 5.00. The quantitative estimate of drug-likeness (QED) is 0.798. The average molecular weight is 219 g/mol. The third-order valence-electron chi connectivity index (χ3n) is 3.33. The van der Waals surface area contributed by atoms with Crippen LogP contribution in [0.2, 0.25) is 0 Å². The van der Waals surface area contributed by atoms with Gasteiger partial charge in [-0.2, -0.15) is 0 Å². The summed E-state index contributed by atoms with van der Waals surface area (Å²) in [5.74, 6) is 0.694. The highest BCUT2D eigenvalue weighted by atomic mass is 16.3. The molecular formula is C14H21NO. The smallest absolute Gasteiger partial charge is 0.0943 e. The van der Waals surface area contributed by atoms with E-state index in [0.717, 1.165) is 12.1 Å². The van der Waals surface area contributed by atoms with Crippen LogP contribution < -0.4 is 5.32 Å². The first-order valence-corrected chi connectivity index (χ1v) is 6.24. The molecule has 2 unspecified atom stereocenters. The summed E-state index contributed by atoms with van der Waals surface area (Å²) in [5.41, 5.74) is 2.46. The van der Waals surface area contributed by atoms with Crippen LogP contribution in [0.15, 0.2) is 24.3 Å². The lowest BCUT2D eigenvalue weighted by molar-refractivity contribution is 0.136. The fourth-order valence-corrected chi connectivity index (χ4v) is 2.25. The molecule has 2 atom stereocenters. The summed E-state index contributed by atoms with van der Waals surface area (Å²) in [4.78, 5) is 0. The summed E-state index contributed by atoms with van der Waals surface area (Å²) >= 11 is 0. The molecule has 16 heavy (non-hydrogen) atoms. The predicted octanol–water partition coefficient (Wildman–Crippen LogP) is 2.60. The molecule has 1 saturated carbocycles. The van der Waals surface area contributed by atoms with Crippen LogP contribution in [0, 0.1) is 0 Å². The Kier molecular flexibility index (Phi) is 3.62. The Balaban J connectivity index is 2.18. The Hall–Kier alpha value is -0.860. The third kappa shape index (κ3) is 2.45. The van der Waals surface area contributed by atoms with E-state index in [9.17, 15) is 5.11 Å². The number of benzene rings is 1. The second-order valence-corrected chi connectivity index (χ2v) is 4.69. The Morgan fingerprint density at radius 3 is 2.69 bits per heavy atom. The number of nitrogens with one attached hydrogen (secondary N) is 1. The molecular weight excluding hydrogens is 198 g/mol. The maximum absolute atomic E-state index is 10.3. The monoisotopic (exact) mass is 219 g/mol. The SMILES string of the molecule is CCNC(C)C(O)c1ccccc1C1CC1. The van der Waals surface area contributed by atoms with E-state index in [1.54, 1.807) is 0 Å². The van der Waals surface area contributed by atoms with E-state index >= 15 is 0 Å². The fourth-order valence-electron chi connectivity index (χ4n) is 2.25. The zero-order valence-electron chi connectivity index (χ0n) is 10.1. The number of rotatable bonds is 5. The zero-order chi connectivity index (χ0) is 11.5. The van der Waals surface area contributed by atoms with E-state index < -0.39 is 6.10 Å². The number of aliphatic hydroxyl groups is 1. The second kappa shape index (κ2) is 4.98. The lowest BCUT2D eigenvalue weighted by atomic mass is 9.95. The lowest BCUT2D eigenvalue weighted by Crippen LogP contribution is -2.32. The van der Waals surface area contributed by atoms with Crippen molar-refractivity contribution in [2.75, 3.05) is 6.54 Å². The highest BCUT2D eigenvalue weighted by Gasteiger charge is 2.28. The molecule has 2 nitrogen and oxygen atoms in total. The van der Waals surface area contributed by atoms with Crippen molar-refractivity contribution in [3.8, 4) is 0 Å². The summed E-state index contributed by atoms with van der Waals surface area (Å²) < 4.78 is 0. The molecule has 2 N–H and O–H groups in total. The Labute approximate surface area is 97.7 Å². The van der Waals surface area contributed by atoms with Crippen molar-refractivity contribution in [3.05, 3.63) is 35.4 Å². The fraction of sp³-hybridized carbons (Fsp3) is 0.571. The summed E-state index contributed by atoms with van der Waals surface area (Å²) in [6.07, 6.45) is 2.16. The molecule has 0 radical (unpaired) electrons. The molecule has 1 aromatic rings. The zero-order valence-corrected chi connectivity index (χ0v) is 10.1. The lowest BCUT2D eigenvalue weighted by Gasteiger charge is -2.22. The van der Waals surface area contributed by atoms with Crippen molar-refractivity contribution in [2.24, 2.45) is 0 Å². The van der Waals surface area contributed by atoms with Crippen LogP contribution in [-0.2, 0) is 0 Å². The minimum Gasteiger partial charge on any atom is -0.387 e. The van der Waals surface area contributed by atoms with Crippen LogP contribution in [0.25, 0.3) is 0 Å². The van der Waals surface area contributed by atoms with Crippen molar-refractivity contribution < 1.29 is 5.11 Å². The number of aliphatic hydroxyl groups excluding tert-OH is 1. The van der Waals surface area contributed by atoms with Gasteiger partial charge in [-0.25, -0.2) is 0 Å². The summed E-state index contributed by atoms with van der Waals surface area (Å²) in [7, 11) is 0. The van der Waals surface area contributed by atoms with Gasteiger partial charge in [0.2, 0.25) is 0 Å². The first-order valence-electron chi connectivity index (χ1n) is 6.24. The third-order valence-corrected chi connectivity index (χ3v) is 3.33. The first kappa shape index (κ1) is 11.6. The maximum Gasteiger partial charge on any atom is 0.0943 e. The number of likely N-dealkylation sites (N-methyl/N-ethyl adjacent to an activating group) is 1. The molecule has 88 valence electrons. The van der Waals surface area contributed by atoms with Gasteiger partial charge in [0.25, 0.3) is 0 Å². The van der Waals surface area contributed by atoms with Crippen molar-refractivity contribution >= 4 is 0 Å². The number of hydrogen-bond donors (Lipinski definition) is 2. The van der Waals surface area contributed by atoms with Gasteiger partial charge < -0.3 is 10.4 Å². The van der Waals surface area contributed by atoms with Gasteiger partial charge in [-0.05, 0) is 43.4 Å². The van der Waals surface area contributed by atoms with Crippen LogP contribution >= 0.6 is 0 Å². The van der Waals surface area contributed by atoms with Crippen molar-refractivity contribution in [2.45, 2.75) is 44.8 Å². The molecule has 1 aliphatic carbocycles. The van der Waals surface area contributed by atoms with E-state index in [2.05, 4.69) is 30.4 Å². The molecule has 1 aliphatic rings. The highest BCUT2D eigenvalue weighted by molar-refractivity contribution is 5.35. The van der Waals surface area contributed by atoms with Gasteiger partial charge in [0.05, 0.1) is 6.10 Å². The van der Waals surface area contributed by atoms with Gasteiger partial charge in [0, 0.05) is 6.04 Å². The van der Waals surface area contributed by atoms with E-state index in [1.165, 1.54) is 18.4 Å². The van der Waals surface area contributed by atoms with Crippen LogP contribution in [0.4, 0.5) is 0 Å². The molecule has 0 aliphatic heterocycles. The topological polar surface area (TPSA) is 32.3 Å². The molecule has 0 aromatic heterocycles. The van der Waals surface area contributed by atoms with Crippen molar-refractivity contribution in [1.82, 2.24) is 5.32 Å². The molecule has 0 heterocycles. The van der Waals surface area contributed by atoms with E-state index in [4.69, 9.17) is 0 Å². The molecule has 0 spiro atoms. The minimum atomic E-state index is -0.392. The number of hydrogen-bond acceptors (Lipinski definition) is 2. The van der Waals surface area contributed by atoms with Gasteiger partial charge in [0.15, 0.2) is 0 Å². The molecule has 2 rings (SSSR count). The Morgan fingerprint density at radius 1 is 1.38 bits per heavy atom. The minimum absolute atomic E-state index is 0.116. The first-order chi connectivity index (χ1) is 7.74. The molecule has 2 heteroatoms. The Bertz CT molecular complexity index is 346. The largest absolute Gasteiger partial charge is 0.387 e. The molecule has 0 saturated heterocycles. The average Bonchev–Trinajstić information content (AvgIpc) is 3.12. The predicted molar refractivity (Wildman–Crippen MR) is 66.5 cm³/mol. The second-order valence-electron chi connectivity index (χ2n) is 4.69. The van der Waals surface area contributed by atoms with E-state index in [0.29, 0.717) is 5.92 Å². The van der Waals surface area contributed by atoms with Crippen LogP contribution in [0.3, 0.4) is 0 Å². The Morgan fingerprint density at radius 2 is 2.06 bits per heavy atom. The summed E-state index contributed by atoms with van der Waals surface area (Å²) in [5, 5.41) is 13.6. The van der Waals surface area contributed by atoms with Crippen LogP contribution in [0.1, 0.15) is 49.8 Å². The highest BCUT2D eigenvalue weighted by Crippen LogP contribution is 2.43. The maximum atomic E-state index is 10.3. The molecule has 0 amide bonds. The van der Waals surface area contributed by atoms with Crippen LogP contribution in [0.5, 0.6) is 0 Å². The summed E-state index contributed by atoms with van der Waals surface area (Å²) in [6, 6.07) is 8.43. The van der Waals surface area contributed by atoms with E-state index in [1.807, 2.05) is 13.0 Å². The van der Waals surface area contributed by atoms with Gasteiger partial charge in [-0.1, -0.05) is 31.2 Å².